The van der Waals surface area contributed by atoms with Gasteiger partial charge in [0.2, 0.25) is 0 Å². The molecule has 1 aromatic rings. The molecule has 160 valence electrons. The zero-order valence-corrected chi connectivity index (χ0v) is 16.8. The van der Waals surface area contributed by atoms with Crippen LogP contribution in [0.4, 0.5) is 11.4 Å². The Labute approximate surface area is 178 Å². The van der Waals surface area contributed by atoms with Gasteiger partial charge in [-0.1, -0.05) is 18.2 Å². The highest BCUT2D eigenvalue weighted by Gasteiger charge is 2.67. The molecule has 0 aromatic heterocycles. The number of hydrazone groups is 1. The lowest BCUT2D eigenvalue weighted by Gasteiger charge is -2.37. The van der Waals surface area contributed by atoms with Gasteiger partial charge in [-0.3, -0.25) is 19.7 Å². The van der Waals surface area contributed by atoms with Crippen molar-refractivity contribution in [1.29, 1.82) is 0 Å². The third kappa shape index (κ3) is 2.76. The molecule has 0 unspecified atom stereocenters. The molecule has 2 heterocycles. The van der Waals surface area contributed by atoms with Crippen LogP contribution >= 0.6 is 0 Å². The van der Waals surface area contributed by atoms with Crippen molar-refractivity contribution in [3.8, 4) is 0 Å². The van der Waals surface area contributed by atoms with Crippen LogP contribution < -0.4 is 4.90 Å². The molecule has 0 radical (unpaired) electrons. The van der Waals surface area contributed by atoms with E-state index >= 15 is 0 Å². The number of morpholine rings is 1. The van der Waals surface area contributed by atoms with E-state index in [2.05, 4.69) is 17.3 Å². The lowest BCUT2D eigenvalue weighted by Crippen LogP contribution is -2.40. The molecule has 7 rings (SSSR count). The van der Waals surface area contributed by atoms with Crippen molar-refractivity contribution in [2.45, 2.75) is 6.42 Å². The third-order valence-corrected chi connectivity index (χ3v) is 7.51. The molecule has 4 aliphatic carbocycles. The summed E-state index contributed by atoms with van der Waals surface area (Å²) in [5.41, 5.74) is 0.982. The highest BCUT2D eigenvalue weighted by Crippen LogP contribution is 2.65. The molecule has 6 atom stereocenters. The van der Waals surface area contributed by atoms with E-state index in [0.717, 1.165) is 11.4 Å². The van der Waals surface area contributed by atoms with Gasteiger partial charge < -0.3 is 9.64 Å². The van der Waals surface area contributed by atoms with E-state index in [9.17, 15) is 19.7 Å². The van der Waals surface area contributed by atoms with Crippen LogP contribution in [-0.2, 0) is 14.3 Å². The fourth-order valence-electron chi connectivity index (χ4n) is 6.02. The number of nitrogens with zero attached hydrogens (tertiary/aromatic N) is 4. The molecular weight excluding hydrogens is 400 g/mol. The minimum absolute atomic E-state index is 0.0269. The number of imide groups is 1. The molecule has 31 heavy (non-hydrogen) atoms. The number of nitro groups is 1. The van der Waals surface area contributed by atoms with Crippen molar-refractivity contribution in [3.63, 3.8) is 0 Å². The van der Waals surface area contributed by atoms with E-state index in [4.69, 9.17) is 4.74 Å². The molecule has 0 spiro atoms. The Morgan fingerprint density at radius 1 is 1.06 bits per heavy atom. The lowest BCUT2D eigenvalue weighted by molar-refractivity contribution is -0.384. The number of carbonyl (C=O) groups is 2. The van der Waals surface area contributed by atoms with Gasteiger partial charge in [0.15, 0.2) is 0 Å². The molecule has 1 aromatic carbocycles. The first-order valence-electron chi connectivity index (χ1n) is 10.8. The minimum Gasteiger partial charge on any atom is -0.378 e. The molecule has 2 bridgehead atoms. The Balaban J connectivity index is 1.26. The number of rotatable bonds is 4. The van der Waals surface area contributed by atoms with Gasteiger partial charge >= 0.3 is 0 Å². The molecule has 9 nitrogen and oxygen atoms in total. The number of benzene rings is 1. The maximum absolute atomic E-state index is 13.0. The van der Waals surface area contributed by atoms with E-state index in [1.165, 1.54) is 12.3 Å². The predicted octanol–water partition coefficient (Wildman–Crippen LogP) is 1.82. The second-order valence-electron chi connectivity index (χ2n) is 8.99. The fraction of sp³-hybridized carbons (Fsp3) is 0.500. The molecule has 9 heteroatoms. The Bertz CT molecular complexity index is 1010. The zero-order valence-electron chi connectivity index (χ0n) is 16.8. The smallest absolute Gasteiger partial charge is 0.293 e. The number of anilines is 1. The second-order valence-corrected chi connectivity index (χ2v) is 8.99. The summed E-state index contributed by atoms with van der Waals surface area (Å²) >= 11 is 0. The number of allylic oxidation sites excluding steroid dienone is 2. The summed E-state index contributed by atoms with van der Waals surface area (Å²) in [6.07, 6.45) is 6.72. The Kier molecular flexibility index (Phi) is 4.05. The van der Waals surface area contributed by atoms with Crippen LogP contribution in [0, 0.1) is 45.6 Å². The highest BCUT2D eigenvalue weighted by molar-refractivity contribution is 6.06. The van der Waals surface area contributed by atoms with Crippen molar-refractivity contribution < 1.29 is 19.2 Å². The van der Waals surface area contributed by atoms with Crippen LogP contribution in [0.25, 0.3) is 0 Å². The summed E-state index contributed by atoms with van der Waals surface area (Å²) in [6, 6.07) is 4.85. The van der Waals surface area contributed by atoms with Crippen LogP contribution in [0.15, 0.2) is 35.5 Å². The van der Waals surface area contributed by atoms with E-state index in [0.29, 0.717) is 49.4 Å². The SMILES string of the molecule is O=C1[C@@H]2[C@H]3C=C[C@@H]([C@@H]4C[C@@H]34)[C@H]2C(=O)N1/N=C\c1ccc(N2CCOCC2)c([N+](=O)[O-])c1. The Morgan fingerprint density at radius 3 is 2.32 bits per heavy atom. The van der Waals surface area contributed by atoms with Crippen LogP contribution in [0.3, 0.4) is 0 Å². The Morgan fingerprint density at radius 2 is 1.71 bits per heavy atom. The number of nitro benzene ring substituents is 1. The third-order valence-electron chi connectivity index (χ3n) is 7.51. The molecule has 2 aliphatic heterocycles. The fourth-order valence-corrected chi connectivity index (χ4v) is 6.02. The normalized spacial score (nSPS) is 35.6. The second kappa shape index (κ2) is 6.71. The largest absolute Gasteiger partial charge is 0.378 e. The summed E-state index contributed by atoms with van der Waals surface area (Å²) in [6.45, 7) is 2.24. The average Bonchev–Trinajstić information content (AvgIpc) is 3.57. The summed E-state index contributed by atoms with van der Waals surface area (Å²) in [4.78, 5) is 39.1. The van der Waals surface area contributed by atoms with E-state index in [-0.39, 0.29) is 41.2 Å². The maximum atomic E-state index is 13.0. The van der Waals surface area contributed by atoms with Crippen LogP contribution in [0.1, 0.15) is 12.0 Å². The Hall–Kier alpha value is -3.07. The van der Waals surface area contributed by atoms with Crippen LogP contribution in [0.5, 0.6) is 0 Å². The average molecular weight is 422 g/mol. The first-order chi connectivity index (χ1) is 15.0. The number of amides is 2. The summed E-state index contributed by atoms with van der Waals surface area (Å²) in [5, 5.41) is 16.8. The minimum atomic E-state index is -0.418. The molecule has 4 fully saturated rings. The number of carbonyl (C=O) groups excluding carboxylic acids is 2. The van der Waals surface area contributed by atoms with Crippen molar-refractivity contribution in [2.75, 3.05) is 31.2 Å². The van der Waals surface area contributed by atoms with Crippen molar-refractivity contribution in [2.24, 2.45) is 40.6 Å². The molecule has 2 saturated carbocycles. The quantitative estimate of drug-likeness (QED) is 0.241. The van der Waals surface area contributed by atoms with Gasteiger partial charge in [-0.15, -0.1) is 0 Å². The summed E-state index contributed by atoms with van der Waals surface area (Å²) in [7, 11) is 0. The van der Waals surface area contributed by atoms with Gasteiger partial charge in [0.05, 0.1) is 36.2 Å². The van der Waals surface area contributed by atoms with Gasteiger partial charge in [0.1, 0.15) is 5.69 Å². The van der Waals surface area contributed by atoms with Gasteiger partial charge in [-0.05, 0) is 36.2 Å². The molecule has 2 amide bonds. The van der Waals surface area contributed by atoms with Gasteiger partial charge in [0.25, 0.3) is 17.5 Å². The highest BCUT2D eigenvalue weighted by atomic mass is 16.6. The first-order valence-corrected chi connectivity index (χ1v) is 10.8. The molecule has 2 saturated heterocycles. The van der Waals surface area contributed by atoms with Crippen LogP contribution in [0.2, 0.25) is 0 Å². The monoisotopic (exact) mass is 422 g/mol. The topological polar surface area (TPSA) is 105 Å². The lowest BCUT2D eigenvalue weighted by atomic mass is 9.63. The standard InChI is InChI=1S/C22H22N4O5/c27-21-19-13-2-3-14(16-10-15(13)16)20(19)22(28)25(21)23-11-12-1-4-17(18(9-12)26(29)30)24-5-7-31-8-6-24/h1-4,9,11,13-16,19-20H,5-8,10H2/b23-11-/t13-,14-,15-,16-,19+,20+/m0/s1. The molecular formula is C22H22N4O5. The molecule has 6 aliphatic rings. The maximum Gasteiger partial charge on any atom is 0.293 e. The zero-order chi connectivity index (χ0) is 21.3. The van der Waals surface area contributed by atoms with Gasteiger partial charge in [-0.2, -0.15) is 10.1 Å². The van der Waals surface area contributed by atoms with Gasteiger partial charge in [-0.25, -0.2) is 0 Å². The van der Waals surface area contributed by atoms with Crippen molar-refractivity contribution in [3.05, 3.63) is 46.0 Å². The summed E-state index contributed by atoms with van der Waals surface area (Å²) < 4.78 is 5.32. The number of ether oxygens (including phenoxy) is 1. The van der Waals surface area contributed by atoms with Crippen molar-refractivity contribution in [1.82, 2.24) is 5.01 Å². The van der Waals surface area contributed by atoms with Crippen molar-refractivity contribution >= 4 is 29.4 Å². The van der Waals surface area contributed by atoms with E-state index < -0.39 is 4.92 Å². The van der Waals surface area contributed by atoms with Gasteiger partial charge in [0, 0.05) is 24.7 Å². The van der Waals surface area contributed by atoms with E-state index in [1.54, 1.807) is 12.1 Å². The van der Waals surface area contributed by atoms with Crippen LogP contribution in [-0.4, -0.2) is 54.3 Å². The number of hydrogen-bond acceptors (Lipinski definition) is 7. The summed E-state index contributed by atoms with van der Waals surface area (Å²) in [5.74, 6) is 0.268. The first kappa shape index (κ1) is 18.7. The van der Waals surface area contributed by atoms with E-state index in [1.807, 2.05) is 4.90 Å². The number of hydrogen-bond donors (Lipinski definition) is 0. The predicted molar refractivity (Wildman–Crippen MR) is 110 cm³/mol. The molecule has 0 N–H and O–H groups in total.